The second-order valence-electron chi connectivity index (χ2n) is 9.65. The van der Waals surface area contributed by atoms with E-state index in [1.807, 2.05) is 37.3 Å². The lowest BCUT2D eigenvalue weighted by Gasteiger charge is -2.32. The quantitative estimate of drug-likeness (QED) is 0.269. The maximum Gasteiger partial charge on any atom is 0.243 e. The summed E-state index contributed by atoms with van der Waals surface area (Å²) in [7, 11) is -3.86. The molecule has 0 spiro atoms. The van der Waals surface area contributed by atoms with Crippen molar-refractivity contribution >= 4 is 39.1 Å². The highest BCUT2D eigenvalue weighted by Gasteiger charge is 2.31. The van der Waals surface area contributed by atoms with Gasteiger partial charge in [-0.05, 0) is 42.2 Å². The van der Waals surface area contributed by atoms with E-state index in [2.05, 4.69) is 5.32 Å². The highest BCUT2D eigenvalue weighted by molar-refractivity contribution is 7.92. The molecule has 3 aromatic rings. The topological polar surface area (TPSA) is 86.8 Å². The first-order valence-electron chi connectivity index (χ1n) is 13.3. The molecule has 0 aromatic heterocycles. The number of carbonyl (C=O) groups excluding carboxylic acids is 2. The minimum atomic E-state index is -3.86. The number of hydrogen-bond donors (Lipinski definition) is 1. The molecule has 0 fully saturated rings. The number of halogens is 3. The van der Waals surface area contributed by atoms with Gasteiger partial charge in [0.15, 0.2) is 11.6 Å². The van der Waals surface area contributed by atoms with E-state index >= 15 is 0 Å². The molecule has 41 heavy (non-hydrogen) atoms. The van der Waals surface area contributed by atoms with E-state index in [9.17, 15) is 26.8 Å². The molecule has 0 aliphatic carbocycles. The van der Waals surface area contributed by atoms with E-state index < -0.39 is 27.7 Å². The van der Waals surface area contributed by atoms with Crippen LogP contribution in [0.5, 0.6) is 0 Å². The van der Waals surface area contributed by atoms with Crippen molar-refractivity contribution in [3.63, 3.8) is 0 Å². The molecule has 0 bridgehead atoms. The summed E-state index contributed by atoms with van der Waals surface area (Å²) < 4.78 is 53.2. The molecule has 2 amide bonds. The molecule has 0 saturated heterocycles. The van der Waals surface area contributed by atoms with Crippen LogP contribution < -0.4 is 9.62 Å². The number of rotatable bonds is 14. The van der Waals surface area contributed by atoms with Crippen LogP contribution in [0.4, 0.5) is 14.5 Å². The van der Waals surface area contributed by atoms with Gasteiger partial charge < -0.3 is 10.2 Å². The first kappa shape index (κ1) is 32.0. The summed E-state index contributed by atoms with van der Waals surface area (Å²) in [5.41, 5.74) is 1.47. The normalized spacial score (nSPS) is 12.0. The van der Waals surface area contributed by atoms with E-state index in [4.69, 9.17) is 11.6 Å². The van der Waals surface area contributed by atoms with Crippen molar-refractivity contribution in [2.24, 2.45) is 0 Å². The number of benzene rings is 3. The van der Waals surface area contributed by atoms with Crippen LogP contribution in [0.3, 0.4) is 0 Å². The van der Waals surface area contributed by atoms with Crippen LogP contribution in [0.15, 0.2) is 72.8 Å². The predicted molar refractivity (Wildman–Crippen MR) is 157 cm³/mol. The van der Waals surface area contributed by atoms with Crippen molar-refractivity contribution in [2.75, 3.05) is 23.7 Å². The number of anilines is 1. The Kier molecular flexibility index (Phi) is 11.7. The average molecular weight is 606 g/mol. The van der Waals surface area contributed by atoms with Gasteiger partial charge in [-0.15, -0.1) is 0 Å². The van der Waals surface area contributed by atoms with Gasteiger partial charge in [0.25, 0.3) is 0 Å². The third-order valence-corrected chi connectivity index (χ3v) is 8.02. The summed E-state index contributed by atoms with van der Waals surface area (Å²) in [5.74, 6) is -2.97. The number of hydrogen-bond acceptors (Lipinski definition) is 4. The van der Waals surface area contributed by atoms with Crippen LogP contribution in [-0.4, -0.2) is 50.5 Å². The molecule has 0 heterocycles. The molecule has 3 aromatic carbocycles. The summed E-state index contributed by atoms with van der Waals surface area (Å²) in [6.45, 7) is 2.28. The third-order valence-electron chi connectivity index (χ3n) is 6.46. The van der Waals surface area contributed by atoms with Crippen LogP contribution >= 0.6 is 11.6 Å². The van der Waals surface area contributed by atoms with Crippen LogP contribution in [-0.2, 0) is 32.6 Å². The van der Waals surface area contributed by atoms with Gasteiger partial charge in [0, 0.05) is 43.6 Å². The van der Waals surface area contributed by atoms with Crippen LogP contribution in [0.25, 0.3) is 0 Å². The van der Waals surface area contributed by atoms with Crippen molar-refractivity contribution in [3.8, 4) is 0 Å². The van der Waals surface area contributed by atoms with Gasteiger partial charge in [0.1, 0.15) is 6.04 Å². The molecule has 0 saturated carbocycles. The zero-order chi connectivity index (χ0) is 30.0. The highest BCUT2D eigenvalue weighted by Crippen LogP contribution is 2.23. The zero-order valence-electron chi connectivity index (χ0n) is 23.0. The molecule has 220 valence electrons. The lowest BCUT2D eigenvalue weighted by Crippen LogP contribution is -2.50. The lowest BCUT2D eigenvalue weighted by molar-refractivity contribution is -0.141. The van der Waals surface area contributed by atoms with Gasteiger partial charge in [-0.3, -0.25) is 13.9 Å². The van der Waals surface area contributed by atoms with Gasteiger partial charge >= 0.3 is 0 Å². The second kappa shape index (κ2) is 14.9. The average Bonchev–Trinajstić information content (AvgIpc) is 2.94. The Bertz CT molecular complexity index is 1440. The molecule has 1 atom stereocenters. The van der Waals surface area contributed by atoms with E-state index in [0.717, 1.165) is 28.3 Å². The van der Waals surface area contributed by atoms with E-state index in [1.54, 1.807) is 24.3 Å². The maximum atomic E-state index is 13.8. The lowest BCUT2D eigenvalue weighted by atomic mass is 10.0. The first-order chi connectivity index (χ1) is 19.5. The number of nitrogens with one attached hydrogen (secondary N) is 1. The largest absolute Gasteiger partial charge is 0.354 e. The molecular weight excluding hydrogens is 572 g/mol. The van der Waals surface area contributed by atoms with Crippen LogP contribution in [0.2, 0.25) is 5.02 Å². The van der Waals surface area contributed by atoms with Gasteiger partial charge in [-0.1, -0.05) is 67.1 Å². The Hall–Kier alpha value is -3.50. The van der Waals surface area contributed by atoms with E-state index in [-0.39, 0.29) is 49.9 Å². The van der Waals surface area contributed by atoms with Crippen molar-refractivity contribution < 1.29 is 26.8 Å². The summed E-state index contributed by atoms with van der Waals surface area (Å²) in [6, 6.07) is 18.3. The fraction of sp³-hybridized carbons (Fsp3) is 0.333. The molecule has 0 radical (unpaired) electrons. The smallest absolute Gasteiger partial charge is 0.243 e. The molecule has 0 aliphatic rings. The predicted octanol–water partition coefficient (Wildman–Crippen LogP) is 5.33. The molecule has 0 aliphatic heterocycles. The Balaban J connectivity index is 1.88. The highest BCUT2D eigenvalue weighted by atomic mass is 35.5. The molecule has 1 N–H and O–H groups in total. The van der Waals surface area contributed by atoms with Gasteiger partial charge in [-0.2, -0.15) is 0 Å². The van der Waals surface area contributed by atoms with Crippen molar-refractivity contribution in [1.29, 1.82) is 0 Å². The Morgan fingerprint density at radius 2 is 1.66 bits per heavy atom. The fourth-order valence-electron chi connectivity index (χ4n) is 4.37. The molecule has 0 unspecified atom stereocenters. The van der Waals surface area contributed by atoms with Crippen LogP contribution in [0.1, 0.15) is 37.3 Å². The standard InChI is InChI=1S/C30H34ClF2N3O4S/c1-3-17-34-30(38)28(19-22-10-5-4-6-11-22)35(21-23-12-7-8-13-25(23)31)29(37)14-9-18-36(41(2,39)40)24-15-16-26(32)27(33)20-24/h4-8,10-13,15-16,20,28H,3,9,14,17-19,21H2,1-2H3,(H,34,38)/t28-/m0/s1. The molecule has 11 heteroatoms. The summed E-state index contributed by atoms with van der Waals surface area (Å²) in [4.78, 5) is 28.6. The summed E-state index contributed by atoms with van der Waals surface area (Å²) >= 11 is 6.42. The minimum Gasteiger partial charge on any atom is -0.354 e. The zero-order valence-corrected chi connectivity index (χ0v) is 24.6. The van der Waals surface area contributed by atoms with Crippen molar-refractivity contribution in [1.82, 2.24) is 10.2 Å². The van der Waals surface area contributed by atoms with Gasteiger partial charge in [0.2, 0.25) is 21.8 Å². The minimum absolute atomic E-state index is 0.0485. The molecule has 3 rings (SSSR count). The number of sulfonamides is 1. The fourth-order valence-corrected chi connectivity index (χ4v) is 5.53. The second-order valence-corrected chi connectivity index (χ2v) is 12.0. The number of nitrogens with zero attached hydrogens (tertiary/aromatic N) is 2. The van der Waals surface area contributed by atoms with Crippen molar-refractivity contribution in [3.05, 3.63) is 101 Å². The molecule has 7 nitrogen and oxygen atoms in total. The maximum absolute atomic E-state index is 13.8. The van der Waals surface area contributed by atoms with Gasteiger partial charge in [-0.25, -0.2) is 17.2 Å². The molecular formula is C30H34ClF2N3O4S. The number of amides is 2. The number of carbonyl (C=O) groups is 2. The van der Waals surface area contributed by atoms with Crippen LogP contribution in [0, 0.1) is 11.6 Å². The van der Waals surface area contributed by atoms with E-state index in [1.165, 1.54) is 11.0 Å². The summed E-state index contributed by atoms with van der Waals surface area (Å²) in [6.07, 6.45) is 1.89. The third kappa shape index (κ3) is 9.26. The Morgan fingerprint density at radius 3 is 2.29 bits per heavy atom. The van der Waals surface area contributed by atoms with Crippen molar-refractivity contribution in [2.45, 2.75) is 45.2 Å². The first-order valence-corrected chi connectivity index (χ1v) is 15.5. The monoisotopic (exact) mass is 605 g/mol. The summed E-state index contributed by atoms with van der Waals surface area (Å²) in [5, 5.41) is 3.34. The SMILES string of the molecule is CCCNC(=O)[C@H](Cc1ccccc1)N(Cc1ccccc1Cl)C(=O)CCCN(c1ccc(F)c(F)c1)S(C)(=O)=O. The Morgan fingerprint density at radius 1 is 0.976 bits per heavy atom. The Labute approximate surface area is 245 Å². The van der Waals surface area contributed by atoms with E-state index in [0.29, 0.717) is 23.6 Å². The van der Waals surface area contributed by atoms with Gasteiger partial charge in [0.05, 0.1) is 11.9 Å².